The number of hydrogen-bond donors (Lipinski definition) is 1. The zero-order valence-electron chi connectivity index (χ0n) is 11.1. The Hall–Kier alpha value is -1.38. The Balaban J connectivity index is 2.38. The van der Waals surface area contributed by atoms with Gasteiger partial charge in [-0.2, -0.15) is 0 Å². The van der Waals surface area contributed by atoms with Crippen LogP contribution in [-0.2, 0) is 0 Å². The van der Waals surface area contributed by atoms with Crippen LogP contribution in [-0.4, -0.2) is 6.54 Å². The third-order valence-corrected chi connectivity index (χ3v) is 3.38. The second-order valence-corrected chi connectivity index (χ2v) is 4.99. The Bertz CT molecular complexity index is 551. The van der Waals surface area contributed by atoms with Crippen LogP contribution < -0.4 is 5.32 Å². The van der Waals surface area contributed by atoms with Gasteiger partial charge in [0.05, 0.1) is 6.04 Å². The Morgan fingerprint density at radius 2 is 1.74 bits per heavy atom. The van der Waals surface area contributed by atoms with Gasteiger partial charge in [0.2, 0.25) is 0 Å². The van der Waals surface area contributed by atoms with Gasteiger partial charge < -0.3 is 5.32 Å². The van der Waals surface area contributed by atoms with Crippen LogP contribution in [0.2, 0.25) is 5.02 Å². The summed E-state index contributed by atoms with van der Waals surface area (Å²) in [6.07, 6.45) is 0. The van der Waals surface area contributed by atoms with E-state index in [1.54, 1.807) is 6.92 Å². The van der Waals surface area contributed by atoms with Crippen LogP contribution in [0.5, 0.6) is 0 Å². The molecule has 0 saturated carbocycles. The van der Waals surface area contributed by atoms with Crippen molar-refractivity contribution in [3.8, 4) is 0 Å². The van der Waals surface area contributed by atoms with E-state index in [0.29, 0.717) is 10.6 Å². The maximum atomic E-state index is 13.4. The van der Waals surface area contributed by atoms with Crippen LogP contribution in [0.3, 0.4) is 0 Å². The highest BCUT2D eigenvalue weighted by Crippen LogP contribution is 2.25. The molecule has 0 bridgehead atoms. The van der Waals surface area contributed by atoms with Crippen molar-refractivity contribution in [2.45, 2.75) is 19.9 Å². The summed E-state index contributed by atoms with van der Waals surface area (Å²) in [6, 6.07) is 13.0. The third kappa shape index (κ3) is 3.34. The molecule has 0 aliphatic carbocycles. The van der Waals surface area contributed by atoms with Crippen molar-refractivity contribution in [1.29, 1.82) is 0 Å². The van der Waals surface area contributed by atoms with E-state index >= 15 is 0 Å². The van der Waals surface area contributed by atoms with Gasteiger partial charge in [0, 0.05) is 5.02 Å². The summed E-state index contributed by atoms with van der Waals surface area (Å²) in [6.45, 7) is 4.67. The van der Waals surface area contributed by atoms with E-state index in [9.17, 15) is 4.39 Å². The molecule has 2 aromatic carbocycles. The summed E-state index contributed by atoms with van der Waals surface area (Å²) in [5.41, 5.74) is 2.84. The molecular weight excluding hydrogens is 261 g/mol. The van der Waals surface area contributed by atoms with Crippen LogP contribution in [0.15, 0.2) is 42.5 Å². The molecule has 3 heteroatoms. The molecule has 0 amide bonds. The monoisotopic (exact) mass is 277 g/mol. The second-order valence-electron chi connectivity index (χ2n) is 4.55. The van der Waals surface area contributed by atoms with Gasteiger partial charge >= 0.3 is 0 Å². The highest BCUT2D eigenvalue weighted by molar-refractivity contribution is 6.30. The fraction of sp³-hybridized carbons (Fsp3) is 0.250. The number of halogens is 2. The van der Waals surface area contributed by atoms with E-state index in [0.717, 1.165) is 17.7 Å². The van der Waals surface area contributed by atoms with Gasteiger partial charge in [-0.3, -0.25) is 0 Å². The molecule has 19 heavy (non-hydrogen) atoms. The number of benzene rings is 2. The Kier molecular flexibility index (Phi) is 4.56. The van der Waals surface area contributed by atoms with Gasteiger partial charge in [-0.25, -0.2) is 4.39 Å². The van der Waals surface area contributed by atoms with E-state index in [-0.39, 0.29) is 11.9 Å². The molecule has 2 aromatic rings. The first-order valence-electron chi connectivity index (χ1n) is 6.36. The maximum Gasteiger partial charge on any atom is 0.126 e. The Morgan fingerprint density at radius 1 is 1.11 bits per heavy atom. The molecule has 1 unspecified atom stereocenters. The Morgan fingerprint density at radius 3 is 2.32 bits per heavy atom. The molecule has 0 spiro atoms. The molecule has 0 saturated heterocycles. The van der Waals surface area contributed by atoms with Crippen molar-refractivity contribution in [3.63, 3.8) is 0 Å². The lowest BCUT2D eigenvalue weighted by molar-refractivity contribution is 0.606. The molecule has 0 aromatic heterocycles. The first-order valence-corrected chi connectivity index (χ1v) is 6.74. The lowest BCUT2D eigenvalue weighted by atomic mass is 9.97. The van der Waals surface area contributed by atoms with E-state index in [1.165, 1.54) is 6.07 Å². The van der Waals surface area contributed by atoms with Crippen molar-refractivity contribution in [2.75, 3.05) is 6.54 Å². The quantitative estimate of drug-likeness (QED) is 0.868. The van der Waals surface area contributed by atoms with Gasteiger partial charge in [0.25, 0.3) is 0 Å². The van der Waals surface area contributed by atoms with Crippen molar-refractivity contribution < 1.29 is 4.39 Å². The van der Waals surface area contributed by atoms with E-state index in [2.05, 4.69) is 12.2 Å². The predicted octanol–water partition coefficient (Wildman–Crippen LogP) is 4.49. The lowest BCUT2D eigenvalue weighted by Crippen LogP contribution is -2.22. The molecule has 0 aliphatic rings. The predicted molar refractivity (Wildman–Crippen MR) is 78.1 cm³/mol. The molecular formula is C16H17ClFN. The largest absolute Gasteiger partial charge is 0.307 e. The minimum Gasteiger partial charge on any atom is -0.307 e. The number of aryl methyl sites for hydroxylation is 1. The van der Waals surface area contributed by atoms with Crippen LogP contribution in [0, 0.1) is 12.7 Å². The smallest absolute Gasteiger partial charge is 0.126 e. The summed E-state index contributed by atoms with van der Waals surface area (Å²) >= 11 is 5.92. The van der Waals surface area contributed by atoms with Crippen LogP contribution >= 0.6 is 11.6 Å². The van der Waals surface area contributed by atoms with Gasteiger partial charge in [-0.1, -0.05) is 42.8 Å². The molecule has 100 valence electrons. The van der Waals surface area contributed by atoms with E-state index in [1.807, 2.05) is 36.4 Å². The molecule has 1 N–H and O–H groups in total. The average molecular weight is 278 g/mol. The molecule has 2 rings (SSSR count). The van der Waals surface area contributed by atoms with Crippen molar-refractivity contribution in [1.82, 2.24) is 5.32 Å². The third-order valence-electron chi connectivity index (χ3n) is 3.13. The van der Waals surface area contributed by atoms with Crippen LogP contribution in [0.4, 0.5) is 4.39 Å². The highest BCUT2D eigenvalue weighted by Gasteiger charge is 2.13. The standard InChI is InChI=1S/C16H17ClFN/c1-3-19-16(12-4-7-14(17)8-5-12)13-6-9-15(18)11(2)10-13/h4-10,16,19H,3H2,1-2H3. The minimum atomic E-state index is -0.171. The summed E-state index contributed by atoms with van der Waals surface area (Å²) in [5.74, 6) is -0.171. The number of hydrogen-bond acceptors (Lipinski definition) is 1. The fourth-order valence-corrected chi connectivity index (χ4v) is 2.26. The first-order chi connectivity index (χ1) is 9.11. The van der Waals surface area contributed by atoms with Crippen molar-refractivity contribution in [3.05, 3.63) is 70.0 Å². The highest BCUT2D eigenvalue weighted by atomic mass is 35.5. The summed E-state index contributed by atoms with van der Waals surface area (Å²) < 4.78 is 13.4. The number of rotatable bonds is 4. The average Bonchev–Trinajstić information content (AvgIpc) is 2.41. The molecule has 0 radical (unpaired) electrons. The summed E-state index contributed by atoms with van der Waals surface area (Å²) in [4.78, 5) is 0. The minimum absolute atomic E-state index is 0.0570. The Labute approximate surface area is 118 Å². The maximum absolute atomic E-state index is 13.4. The number of nitrogens with one attached hydrogen (secondary N) is 1. The summed E-state index contributed by atoms with van der Waals surface area (Å²) in [5, 5.41) is 4.13. The summed E-state index contributed by atoms with van der Waals surface area (Å²) in [7, 11) is 0. The van der Waals surface area contributed by atoms with Crippen molar-refractivity contribution >= 4 is 11.6 Å². The normalized spacial score (nSPS) is 12.4. The van der Waals surface area contributed by atoms with Gasteiger partial charge in [-0.05, 0) is 48.4 Å². The van der Waals surface area contributed by atoms with Gasteiger partial charge in [0.1, 0.15) is 5.82 Å². The lowest BCUT2D eigenvalue weighted by Gasteiger charge is -2.19. The molecule has 0 fully saturated rings. The second kappa shape index (κ2) is 6.18. The zero-order chi connectivity index (χ0) is 13.8. The molecule has 1 atom stereocenters. The SMILES string of the molecule is CCNC(c1ccc(Cl)cc1)c1ccc(F)c(C)c1. The van der Waals surface area contributed by atoms with E-state index < -0.39 is 0 Å². The first kappa shape index (κ1) is 14.0. The van der Waals surface area contributed by atoms with Gasteiger partial charge in [0.15, 0.2) is 0 Å². The molecule has 0 heterocycles. The topological polar surface area (TPSA) is 12.0 Å². The van der Waals surface area contributed by atoms with Crippen LogP contribution in [0.25, 0.3) is 0 Å². The zero-order valence-corrected chi connectivity index (χ0v) is 11.8. The fourth-order valence-electron chi connectivity index (χ4n) is 2.13. The molecule has 1 nitrogen and oxygen atoms in total. The van der Waals surface area contributed by atoms with Crippen molar-refractivity contribution in [2.24, 2.45) is 0 Å². The van der Waals surface area contributed by atoms with Gasteiger partial charge in [-0.15, -0.1) is 0 Å². The van der Waals surface area contributed by atoms with E-state index in [4.69, 9.17) is 11.6 Å². The van der Waals surface area contributed by atoms with Crippen LogP contribution in [0.1, 0.15) is 29.7 Å². The molecule has 0 aliphatic heterocycles.